The minimum Gasteiger partial charge on any atom is -0.379 e. The molecule has 2 aromatic rings. The van der Waals surface area contributed by atoms with Crippen LogP contribution < -0.4 is 10.2 Å². The van der Waals surface area contributed by atoms with Crippen LogP contribution in [-0.4, -0.2) is 66.0 Å². The van der Waals surface area contributed by atoms with Gasteiger partial charge in [-0.05, 0) is 19.1 Å². The number of para-hydroxylation sites is 1. The maximum Gasteiger partial charge on any atom is 0.244 e. The van der Waals surface area contributed by atoms with Gasteiger partial charge in [-0.25, -0.2) is 0 Å². The van der Waals surface area contributed by atoms with Crippen LogP contribution in [0.25, 0.3) is 0 Å². The lowest BCUT2D eigenvalue weighted by atomic mass is 10.3. The van der Waals surface area contributed by atoms with Crippen molar-refractivity contribution in [1.29, 1.82) is 0 Å². The molecule has 7 heteroatoms. The number of benzene rings is 1. The molecule has 7 nitrogen and oxygen atoms in total. The second-order valence-corrected chi connectivity index (χ2v) is 5.60. The van der Waals surface area contributed by atoms with E-state index in [4.69, 9.17) is 4.74 Å². The third-order valence-electron chi connectivity index (χ3n) is 4.02. The zero-order chi connectivity index (χ0) is 16.6. The standard InChI is InChI=1S/C17H24N6O/c1-2-23(15-6-4-3-5-7-15)16-14-19-21-17(20-16)18-8-9-22-10-12-24-13-11-22/h3-7,14H,2,8-13H2,1H3,(H,18,20,21). The summed E-state index contributed by atoms with van der Waals surface area (Å²) in [5, 5.41) is 11.5. The zero-order valence-corrected chi connectivity index (χ0v) is 14.1. The molecule has 0 aliphatic carbocycles. The maximum atomic E-state index is 5.36. The number of hydrogen-bond donors (Lipinski definition) is 1. The molecular formula is C17H24N6O. The molecule has 1 fully saturated rings. The van der Waals surface area contributed by atoms with E-state index in [0.717, 1.165) is 57.4 Å². The van der Waals surface area contributed by atoms with Gasteiger partial charge in [-0.15, -0.1) is 5.10 Å². The van der Waals surface area contributed by atoms with Crippen LogP contribution in [0.15, 0.2) is 36.5 Å². The van der Waals surface area contributed by atoms with Crippen molar-refractivity contribution in [1.82, 2.24) is 20.1 Å². The van der Waals surface area contributed by atoms with Gasteiger partial charge in [-0.3, -0.25) is 4.90 Å². The molecule has 1 saturated heterocycles. The van der Waals surface area contributed by atoms with Gasteiger partial charge >= 0.3 is 0 Å². The molecule has 24 heavy (non-hydrogen) atoms. The van der Waals surface area contributed by atoms with Crippen LogP contribution in [0.1, 0.15) is 6.92 Å². The van der Waals surface area contributed by atoms with E-state index in [1.165, 1.54) is 0 Å². The molecule has 0 bridgehead atoms. The number of ether oxygens (including phenoxy) is 1. The Morgan fingerprint density at radius 2 is 2.00 bits per heavy atom. The molecule has 1 N–H and O–H groups in total. The molecule has 0 saturated carbocycles. The SMILES string of the molecule is CCN(c1ccccc1)c1cnnc(NCCN2CCOCC2)n1. The number of hydrogen-bond acceptors (Lipinski definition) is 7. The predicted octanol–water partition coefficient (Wildman–Crippen LogP) is 1.77. The van der Waals surface area contributed by atoms with E-state index in [0.29, 0.717) is 5.95 Å². The fraction of sp³-hybridized carbons (Fsp3) is 0.471. The van der Waals surface area contributed by atoms with Gasteiger partial charge in [0.1, 0.15) is 0 Å². The lowest BCUT2D eigenvalue weighted by molar-refractivity contribution is 0.0398. The minimum absolute atomic E-state index is 0.565. The third kappa shape index (κ3) is 4.39. The topological polar surface area (TPSA) is 66.4 Å². The van der Waals surface area contributed by atoms with Crippen LogP contribution in [0.3, 0.4) is 0 Å². The molecule has 2 heterocycles. The first-order valence-electron chi connectivity index (χ1n) is 8.43. The number of nitrogens with one attached hydrogen (secondary N) is 1. The van der Waals surface area contributed by atoms with Crippen molar-refractivity contribution in [2.75, 3.05) is 56.2 Å². The van der Waals surface area contributed by atoms with E-state index in [9.17, 15) is 0 Å². The molecule has 1 aliphatic heterocycles. The first kappa shape index (κ1) is 16.6. The van der Waals surface area contributed by atoms with Crippen molar-refractivity contribution in [2.45, 2.75) is 6.92 Å². The van der Waals surface area contributed by atoms with Crippen molar-refractivity contribution in [3.05, 3.63) is 36.5 Å². The van der Waals surface area contributed by atoms with Gasteiger partial charge in [-0.2, -0.15) is 10.1 Å². The maximum absolute atomic E-state index is 5.36. The molecule has 0 amide bonds. The number of morpholine rings is 1. The van der Waals surface area contributed by atoms with Gasteiger partial charge in [0.05, 0.1) is 19.4 Å². The van der Waals surface area contributed by atoms with Gasteiger partial charge in [0.2, 0.25) is 5.95 Å². The lowest BCUT2D eigenvalue weighted by Crippen LogP contribution is -2.39. The fourth-order valence-electron chi connectivity index (χ4n) is 2.74. The van der Waals surface area contributed by atoms with Gasteiger partial charge in [-0.1, -0.05) is 18.2 Å². The van der Waals surface area contributed by atoms with Gasteiger partial charge in [0.25, 0.3) is 0 Å². The number of nitrogens with zero attached hydrogens (tertiary/aromatic N) is 5. The van der Waals surface area contributed by atoms with Crippen molar-refractivity contribution >= 4 is 17.5 Å². The highest BCUT2D eigenvalue weighted by Gasteiger charge is 2.12. The summed E-state index contributed by atoms with van der Waals surface area (Å²) in [5.74, 6) is 1.36. The normalized spacial score (nSPS) is 15.2. The van der Waals surface area contributed by atoms with Crippen LogP contribution in [0, 0.1) is 0 Å². The largest absolute Gasteiger partial charge is 0.379 e. The van der Waals surface area contributed by atoms with Crippen molar-refractivity contribution < 1.29 is 4.74 Å². The highest BCUT2D eigenvalue weighted by molar-refractivity contribution is 5.59. The third-order valence-corrected chi connectivity index (χ3v) is 4.02. The second kappa shape index (κ2) is 8.56. The summed E-state index contributed by atoms with van der Waals surface area (Å²) in [5.41, 5.74) is 1.10. The molecule has 0 unspecified atom stereocenters. The molecule has 0 radical (unpaired) electrons. The van der Waals surface area contributed by atoms with E-state index in [-0.39, 0.29) is 0 Å². The number of rotatable bonds is 7. The molecule has 0 spiro atoms. The number of anilines is 3. The Hall–Kier alpha value is -2.25. The number of aromatic nitrogens is 3. The highest BCUT2D eigenvalue weighted by Crippen LogP contribution is 2.22. The molecule has 1 aromatic carbocycles. The second-order valence-electron chi connectivity index (χ2n) is 5.60. The highest BCUT2D eigenvalue weighted by atomic mass is 16.5. The Labute approximate surface area is 142 Å². The van der Waals surface area contributed by atoms with Gasteiger partial charge < -0.3 is 15.0 Å². The van der Waals surface area contributed by atoms with E-state index in [1.807, 2.05) is 18.2 Å². The van der Waals surface area contributed by atoms with Crippen LogP contribution >= 0.6 is 0 Å². The lowest BCUT2D eigenvalue weighted by Gasteiger charge is -2.26. The average molecular weight is 328 g/mol. The molecule has 3 rings (SSSR count). The van der Waals surface area contributed by atoms with E-state index in [1.54, 1.807) is 6.20 Å². The zero-order valence-electron chi connectivity index (χ0n) is 14.1. The first-order valence-corrected chi connectivity index (χ1v) is 8.43. The molecule has 1 aliphatic rings. The smallest absolute Gasteiger partial charge is 0.244 e. The van der Waals surface area contributed by atoms with Crippen LogP contribution in [-0.2, 0) is 4.74 Å². The summed E-state index contributed by atoms with van der Waals surface area (Å²) >= 11 is 0. The summed E-state index contributed by atoms with van der Waals surface area (Å²) in [6.07, 6.45) is 1.70. The van der Waals surface area contributed by atoms with E-state index < -0.39 is 0 Å². The van der Waals surface area contributed by atoms with Crippen molar-refractivity contribution in [2.24, 2.45) is 0 Å². The molecule has 1 aromatic heterocycles. The molecule has 128 valence electrons. The van der Waals surface area contributed by atoms with Gasteiger partial charge in [0, 0.05) is 38.4 Å². The predicted molar refractivity (Wildman–Crippen MR) is 94.7 cm³/mol. The Morgan fingerprint density at radius 1 is 1.21 bits per heavy atom. The van der Waals surface area contributed by atoms with Crippen molar-refractivity contribution in [3.8, 4) is 0 Å². The van der Waals surface area contributed by atoms with E-state index >= 15 is 0 Å². The summed E-state index contributed by atoms with van der Waals surface area (Å²) in [6.45, 7) is 8.26. The summed E-state index contributed by atoms with van der Waals surface area (Å²) in [4.78, 5) is 9.09. The first-order chi connectivity index (χ1) is 11.9. The summed E-state index contributed by atoms with van der Waals surface area (Å²) in [7, 11) is 0. The van der Waals surface area contributed by atoms with Crippen LogP contribution in [0.4, 0.5) is 17.5 Å². The monoisotopic (exact) mass is 328 g/mol. The van der Waals surface area contributed by atoms with Gasteiger partial charge in [0.15, 0.2) is 5.82 Å². The summed E-state index contributed by atoms with van der Waals surface area (Å²) in [6, 6.07) is 10.2. The average Bonchev–Trinajstić information content (AvgIpc) is 2.65. The van der Waals surface area contributed by atoms with Crippen LogP contribution in [0.5, 0.6) is 0 Å². The minimum atomic E-state index is 0.565. The Kier molecular flexibility index (Phi) is 5.92. The summed E-state index contributed by atoms with van der Waals surface area (Å²) < 4.78 is 5.36. The van der Waals surface area contributed by atoms with Crippen molar-refractivity contribution in [3.63, 3.8) is 0 Å². The Bertz CT molecular complexity index is 617. The Balaban J connectivity index is 1.60. The quantitative estimate of drug-likeness (QED) is 0.831. The molecular weight excluding hydrogens is 304 g/mol. The fourth-order valence-corrected chi connectivity index (χ4v) is 2.74. The van der Waals surface area contributed by atoms with E-state index in [2.05, 4.69) is 49.4 Å². The molecule has 0 atom stereocenters. The Morgan fingerprint density at radius 3 is 2.75 bits per heavy atom. The van der Waals surface area contributed by atoms with Crippen LogP contribution in [0.2, 0.25) is 0 Å².